The van der Waals surface area contributed by atoms with Crippen LogP contribution in [-0.2, 0) is 6.42 Å². The Bertz CT molecular complexity index is 502. The van der Waals surface area contributed by atoms with E-state index in [2.05, 4.69) is 11.1 Å². The highest BCUT2D eigenvalue weighted by Gasteiger charge is 2.08. The summed E-state index contributed by atoms with van der Waals surface area (Å²) in [5.41, 5.74) is 5.58. The molecule has 0 aliphatic rings. The molecule has 2 aromatic rings. The Morgan fingerprint density at radius 2 is 2.18 bits per heavy atom. The number of nitrogen functional groups attached to an aromatic ring is 1. The number of nitrogens with two attached hydrogens (primary N) is 1. The molecule has 0 amide bonds. The molecule has 6 heteroatoms. The molecular weight excluding hydrogens is 279 g/mol. The van der Waals surface area contributed by atoms with Crippen LogP contribution in [0.5, 0.6) is 5.88 Å². The molecule has 0 radical (unpaired) electrons. The van der Waals surface area contributed by atoms with E-state index in [1.54, 1.807) is 11.3 Å². The largest absolute Gasteiger partial charge is 0.476 e. The van der Waals surface area contributed by atoms with E-state index < -0.39 is 0 Å². The first-order valence-electron chi connectivity index (χ1n) is 4.93. The zero-order valence-corrected chi connectivity index (χ0v) is 11.1. The maximum Gasteiger partial charge on any atom is 0.234 e. The molecule has 0 aliphatic heterocycles. The molecule has 90 valence electrons. The van der Waals surface area contributed by atoms with Gasteiger partial charge in [-0.15, -0.1) is 11.3 Å². The number of aromatic nitrogens is 1. The van der Waals surface area contributed by atoms with Gasteiger partial charge in [-0.2, -0.15) is 4.98 Å². The Morgan fingerprint density at radius 1 is 1.35 bits per heavy atom. The molecule has 2 heterocycles. The molecular formula is C11H10Cl2N2OS. The van der Waals surface area contributed by atoms with Crippen LogP contribution >= 0.6 is 34.5 Å². The van der Waals surface area contributed by atoms with Gasteiger partial charge in [-0.3, -0.25) is 0 Å². The summed E-state index contributed by atoms with van der Waals surface area (Å²) in [6, 6.07) is 5.59. The molecule has 2 N–H and O–H groups in total. The SMILES string of the molecule is Nc1nc(OCCc2cccs2)c(Cl)cc1Cl. The van der Waals surface area contributed by atoms with E-state index in [0.29, 0.717) is 22.5 Å². The number of nitrogens with zero attached hydrogens (tertiary/aromatic N) is 1. The average Bonchev–Trinajstić information content (AvgIpc) is 2.78. The van der Waals surface area contributed by atoms with Gasteiger partial charge < -0.3 is 10.5 Å². The first kappa shape index (κ1) is 12.5. The number of rotatable bonds is 4. The minimum absolute atomic E-state index is 0.224. The Morgan fingerprint density at radius 3 is 2.88 bits per heavy atom. The zero-order chi connectivity index (χ0) is 12.3. The lowest BCUT2D eigenvalue weighted by Gasteiger charge is -2.07. The monoisotopic (exact) mass is 288 g/mol. The Kier molecular flexibility index (Phi) is 4.10. The number of halogens is 2. The molecule has 3 nitrogen and oxygen atoms in total. The van der Waals surface area contributed by atoms with Crippen molar-refractivity contribution in [1.82, 2.24) is 4.98 Å². The number of hydrogen-bond acceptors (Lipinski definition) is 4. The van der Waals surface area contributed by atoms with E-state index in [0.717, 1.165) is 6.42 Å². The van der Waals surface area contributed by atoms with Gasteiger partial charge >= 0.3 is 0 Å². The minimum Gasteiger partial charge on any atom is -0.476 e. The molecule has 2 aromatic heterocycles. The second-order valence-electron chi connectivity index (χ2n) is 3.32. The molecule has 0 aromatic carbocycles. The highest BCUT2D eigenvalue weighted by molar-refractivity contribution is 7.09. The number of thiophene rings is 1. The van der Waals surface area contributed by atoms with Crippen LogP contribution in [-0.4, -0.2) is 11.6 Å². The van der Waals surface area contributed by atoms with Crippen molar-refractivity contribution in [3.63, 3.8) is 0 Å². The second kappa shape index (κ2) is 5.58. The van der Waals surface area contributed by atoms with E-state index in [9.17, 15) is 0 Å². The van der Waals surface area contributed by atoms with Gasteiger partial charge in [0.1, 0.15) is 10.8 Å². The smallest absolute Gasteiger partial charge is 0.234 e. The third kappa shape index (κ3) is 3.25. The average molecular weight is 289 g/mol. The van der Waals surface area contributed by atoms with Crippen LogP contribution < -0.4 is 10.5 Å². The molecule has 0 atom stereocenters. The summed E-state index contributed by atoms with van der Waals surface area (Å²) < 4.78 is 5.47. The summed E-state index contributed by atoms with van der Waals surface area (Å²) >= 11 is 13.4. The molecule has 2 rings (SSSR count). The summed E-state index contributed by atoms with van der Waals surface area (Å²) in [4.78, 5) is 5.24. The van der Waals surface area contributed by atoms with Crippen molar-refractivity contribution in [1.29, 1.82) is 0 Å². The van der Waals surface area contributed by atoms with E-state index in [4.69, 9.17) is 33.7 Å². The Hall–Kier alpha value is -0.970. The van der Waals surface area contributed by atoms with Crippen molar-refractivity contribution in [2.45, 2.75) is 6.42 Å². The third-order valence-corrected chi connectivity index (χ3v) is 3.60. The van der Waals surface area contributed by atoms with Gasteiger partial charge in [-0.1, -0.05) is 29.3 Å². The quantitative estimate of drug-likeness (QED) is 0.934. The second-order valence-corrected chi connectivity index (χ2v) is 5.17. The van der Waals surface area contributed by atoms with Gasteiger partial charge in [0.2, 0.25) is 5.88 Å². The van der Waals surface area contributed by atoms with Crippen LogP contribution in [0, 0.1) is 0 Å². The van der Waals surface area contributed by atoms with Crippen molar-refractivity contribution in [3.05, 3.63) is 38.5 Å². The maximum absolute atomic E-state index is 5.94. The van der Waals surface area contributed by atoms with Crippen molar-refractivity contribution < 1.29 is 4.74 Å². The molecule has 0 bridgehead atoms. The summed E-state index contributed by atoms with van der Waals surface area (Å²) in [5, 5.41) is 2.73. The van der Waals surface area contributed by atoms with Crippen LogP contribution in [0.2, 0.25) is 10.0 Å². The molecule has 0 saturated heterocycles. The fourth-order valence-corrected chi connectivity index (χ4v) is 2.37. The maximum atomic E-state index is 5.94. The third-order valence-electron chi connectivity index (χ3n) is 2.09. The van der Waals surface area contributed by atoms with Crippen molar-refractivity contribution in [2.75, 3.05) is 12.3 Å². The molecule has 0 aliphatic carbocycles. The highest BCUT2D eigenvalue weighted by atomic mass is 35.5. The molecule has 17 heavy (non-hydrogen) atoms. The summed E-state index contributed by atoms with van der Waals surface area (Å²) in [6.45, 7) is 0.508. The molecule has 0 unspecified atom stereocenters. The predicted molar refractivity (Wildman–Crippen MR) is 72.2 cm³/mol. The van der Waals surface area contributed by atoms with Crippen molar-refractivity contribution in [2.24, 2.45) is 0 Å². The number of anilines is 1. The highest BCUT2D eigenvalue weighted by Crippen LogP contribution is 2.29. The predicted octanol–water partition coefficient (Wildman–Crippen LogP) is 3.65. The molecule has 0 spiro atoms. The van der Waals surface area contributed by atoms with Crippen LogP contribution in [0.3, 0.4) is 0 Å². The summed E-state index contributed by atoms with van der Waals surface area (Å²) in [6.07, 6.45) is 0.818. The number of hydrogen-bond donors (Lipinski definition) is 1. The van der Waals surface area contributed by atoms with Gasteiger partial charge in [0.15, 0.2) is 0 Å². The van der Waals surface area contributed by atoms with Gasteiger partial charge in [0, 0.05) is 11.3 Å². The summed E-state index contributed by atoms with van der Waals surface area (Å²) in [7, 11) is 0. The van der Waals surface area contributed by atoms with Crippen LogP contribution in [0.4, 0.5) is 5.82 Å². The lowest BCUT2D eigenvalue weighted by molar-refractivity contribution is 0.311. The lowest BCUT2D eigenvalue weighted by Crippen LogP contribution is -2.03. The fraction of sp³-hybridized carbons (Fsp3) is 0.182. The van der Waals surface area contributed by atoms with Gasteiger partial charge in [-0.25, -0.2) is 0 Å². The van der Waals surface area contributed by atoms with E-state index in [-0.39, 0.29) is 5.82 Å². The standard InChI is InChI=1S/C11H10Cl2N2OS/c12-8-6-9(13)11(15-10(8)14)16-4-3-7-2-1-5-17-7/h1-2,5-6H,3-4H2,(H2,14,15). The number of ether oxygens (including phenoxy) is 1. The Labute approximate surface area is 113 Å². The topological polar surface area (TPSA) is 48.1 Å². The molecule has 0 fully saturated rings. The van der Waals surface area contributed by atoms with Crippen LogP contribution in [0.25, 0.3) is 0 Å². The normalized spacial score (nSPS) is 10.5. The fourth-order valence-electron chi connectivity index (χ4n) is 1.27. The van der Waals surface area contributed by atoms with Gasteiger partial charge in [0.25, 0.3) is 0 Å². The first-order chi connectivity index (χ1) is 8.16. The van der Waals surface area contributed by atoms with E-state index >= 15 is 0 Å². The van der Waals surface area contributed by atoms with Gasteiger partial charge in [0.05, 0.1) is 11.6 Å². The first-order valence-corrected chi connectivity index (χ1v) is 6.57. The van der Waals surface area contributed by atoms with Crippen LogP contribution in [0.15, 0.2) is 23.6 Å². The minimum atomic E-state index is 0.224. The number of pyridine rings is 1. The van der Waals surface area contributed by atoms with E-state index in [1.165, 1.54) is 10.9 Å². The summed E-state index contributed by atoms with van der Waals surface area (Å²) in [5.74, 6) is 0.548. The molecule has 0 saturated carbocycles. The Balaban J connectivity index is 1.97. The van der Waals surface area contributed by atoms with Crippen LogP contribution in [0.1, 0.15) is 4.88 Å². The lowest BCUT2D eigenvalue weighted by atomic mass is 10.4. The zero-order valence-electron chi connectivity index (χ0n) is 8.82. The van der Waals surface area contributed by atoms with E-state index in [1.807, 2.05) is 11.4 Å². The van der Waals surface area contributed by atoms with Gasteiger partial charge in [-0.05, 0) is 17.5 Å². The van der Waals surface area contributed by atoms with Crippen molar-refractivity contribution in [3.8, 4) is 5.88 Å². The van der Waals surface area contributed by atoms with Crippen molar-refractivity contribution >= 4 is 40.4 Å².